The van der Waals surface area contributed by atoms with Crippen molar-refractivity contribution in [3.05, 3.63) is 63.1 Å². The molecule has 0 bridgehead atoms. The van der Waals surface area contributed by atoms with Crippen molar-refractivity contribution in [3.8, 4) is 0 Å². The van der Waals surface area contributed by atoms with Gasteiger partial charge in [-0.3, -0.25) is 10.1 Å². The Bertz CT molecular complexity index is 684. The number of hydrogen-bond donors (Lipinski definition) is 3. The number of amides is 2. The van der Waals surface area contributed by atoms with E-state index in [1.54, 1.807) is 0 Å². The van der Waals surface area contributed by atoms with Crippen molar-refractivity contribution in [3.63, 3.8) is 0 Å². The van der Waals surface area contributed by atoms with Crippen LogP contribution in [-0.4, -0.2) is 17.1 Å². The number of carboxylic acid groups (broad SMARTS) is 1. The van der Waals surface area contributed by atoms with E-state index in [0.717, 1.165) is 5.56 Å². The van der Waals surface area contributed by atoms with Gasteiger partial charge in [-0.1, -0.05) is 41.9 Å². The SMILES string of the molecule is O=C(O)Nc1c(Cl)cc(C(=O)NCc2ccccc2)cc1Br. The molecular weight excluding hydrogens is 372 g/mol. The Morgan fingerprint density at radius 2 is 1.86 bits per heavy atom. The number of carbonyl (C=O) groups is 2. The molecule has 5 nitrogen and oxygen atoms in total. The Morgan fingerprint density at radius 3 is 2.45 bits per heavy atom. The van der Waals surface area contributed by atoms with Crippen molar-refractivity contribution >= 4 is 45.2 Å². The molecule has 114 valence electrons. The van der Waals surface area contributed by atoms with Gasteiger partial charge in [0.2, 0.25) is 0 Å². The molecular formula is C15H12BrClN2O3. The molecule has 0 aliphatic carbocycles. The third kappa shape index (κ3) is 4.22. The minimum absolute atomic E-state index is 0.140. The highest BCUT2D eigenvalue weighted by Crippen LogP contribution is 2.32. The zero-order chi connectivity index (χ0) is 16.1. The molecule has 2 aromatic rings. The van der Waals surface area contributed by atoms with Crippen molar-refractivity contribution in [2.24, 2.45) is 0 Å². The third-order valence-corrected chi connectivity index (χ3v) is 3.76. The summed E-state index contributed by atoms with van der Waals surface area (Å²) >= 11 is 9.20. The van der Waals surface area contributed by atoms with Crippen LogP contribution in [-0.2, 0) is 6.54 Å². The molecule has 0 atom stereocenters. The predicted molar refractivity (Wildman–Crippen MR) is 88.4 cm³/mol. The summed E-state index contributed by atoms with van der Waals surface area (Å²) in [5.41, 5.74) is 1.52. The number of halogens is 2. The van der Waals surface area contributed by atoms with Gasteiger partial charge in [0, 0.05) is 16.6 Å². The zero-order valence-electron chi connectivity index (χ0n) is 11.3. The monoisotopic (exact) mass is 382 g/mol. The quantitative estimate of drug-likeness (QED) is 0.743. The van der Waals surface area contributed by atoms with E-state index in [-0.39, 0.29) is 16.6 Å². The van der Waals surface area contributed by atoms with Gasteiger partial charge in [-0.2, -0.15) is 0 Å². The lowest BCUT2D eigenvalue weighted by Gasteiger charge is -2.10. The highest BCUT2D eigenvalue weighted by molar-refractivity contribution is 9.10. The van der Waals surface area contributed by atoms with E-state index in [2.05, 4.69) is 26.6 Å². The molecule has 0 aliphatic heterocycles. The molecule has 0 aliphatic rings. The normalized spacial score (nSPS) is 10.1. The minimum Gasteiger partial charge on any atom is -0.465 e. The Hall–Kier alpha value is -2.05. The summed E-state index contributed by atoms with van der Waals surface area (Å²) in [5, 5.41) is 13.8. The first-order valence-corrected chi connectivity index (χ1v) is 7.45. The Morgan fingerprint density at radius 1 is 1.18 bits per heavy atom. The molecule has 0 fully saturated rings. The first kappa shape index (κ1) is 16.3. The summed E-state index contributed by atoms with van der Waals surface area (Å²) in [7, 11) is 0. The van der Waals surface area contributed by atoms with E-state index in [1.165, 1.54) is 12.1 Å². The topological polar surface area (TPSA) is 78.4 Å². The largest absolute Gasteiger partial charge is 0.465 e. The molecule has 2 amide bonds. The molecule has 0 radical (unpaired) electrons. The van der Waals surface area contributed by atoms with Crippen LogP contribution in [0.4, 0.5) is 10.5 Å². The maximum absolute atomic E-state index is 12.1. The lowest BCUT2D eigenvalue weighted by atomic mass is 10.1. The fourth-order valence-corrected chi connectivity index (χ4v) is 2.75. The van der Waals surface area contributed by atoms with Crippen LogP contribution < -0.4 is 10.6 Å². The van der Waals surface area contributed by atoms with Crippen LogP contribution in [0.5, 0.6) is 0 Å². The van der Waals surface area contributed by atoms with Crippen molar-refractivity contribution in [2.75, 3.05) is 5.32 Å². The average molecular weight is 384 g/mol. The van der Waals surface area contributed by atoms with Crippen LogP contribution in [0.25, 0.3) is 0 Å². The Kier molecular flexibility index (Phi) is 5.41. The molecule has 0 aromatic heterocycles. The molecule has 0 heterocycles. The van der Waals surface area contributed by atoms with E-state index in [9.17, 15) is 9.59 Å². The average Bonchev–Trinajstić information content (AvgIpc) is 2.49. The first-order valence-electron chi connectivity index (χ1n) is 6.28. The number of hydrogen-bond acceptors (Lipinski definition) is 2. The second-order valence-electron chi connectivity index (χ2n) is 4.41. The Labute approximate surface area is 140 Å². The van der Waals surface area contributed by atoms with E-state index in [1.807, 2.05) is 30.3 Å². The summed E-state index contributed by atoms with van der Waals surface area (Å²) in [4.78, 5) is 22.8. The second-order valence-corrected chi connectivity index (χ2v) is 5.67. The van der Waals surface area contributed by atoms with Crippen LogP contribution in [0, 0.1) is 0 Å². The van der Waals surface area contributed by atoms with E-state index in [0.29, 0.717) is 16.6 Å². The maximum Gasteiger partial charge on any atom is 0.409 e. The zero-order valence-corrected chi connectivity index (χ0v) is 13.6. The predicted octanol–water partition coefficient (Wildman–Crippen LogP) is 4.12. The van der Waals surface area contributed by atoms with Crippen molar-refractivity contribution in [1.82, 2.24) is 5.32 Å². The van der Waals surface area contributed by atoms with Crippen LogP contribution in [0.1, 0.15) is 15.9 Å². The lowest BCUT2D eigenvalue weighted by molar-refractivity contribution is 0.0951. The maximum atomic E-state index is 12.1. The van der Waals surface area contributed by atoms with Gasteiger partial charge in [0.1, 0.15) is 0 Å². The smallest absolute Gasteiger partial charge is 0.409 e. The van der Waals surface area contributed by atoms with Gasteiger partial charge in [0.05, 0.1) is 10.7 Å². The molecule has 3 N–H and O–H groups in total. The minimum atomic E-state index is -1.23. The fraction of sp³-hybridized carbons (Fsp3) is 0.0667. The third-order valence-electron chi connectivity index (χ3n) is 2.83. The highest BCUT2D eigenvalue weighted by atomic mass is 79.9. The molecule has 22 heavy (non-hydrogen) atoms. The van der Waals surface area contributed by atoms with Crippen LogP contribution >= 0.6 is 27.5 Å². The van der Waals surface area contributed by atoms with Gasteiger partial charge in [0.25, 0.3) is 5.91 Å². The van der Waals surface area contributed by atoms with Crippen LogP contribution in [0.3, 0.4) is 0 Å². The van der Waals surface area contributed by atoms with Gasteiger partial charge < -0.3 is 10.4 Å². The summed E-state index contributed by atoms with van der Waals surface area (Å²) in [6.45, 7) is 0.393. The number of benzene rings is 2. The van der Waals surface area contributed by atoms with Crippen molar-refractivity contribution in [1.29, 1.82) is 0 Å². The summed E-state index contributed by atoms with van der Waals surface area (Å²) in [6.07, 6.45) is -1.23. The van der Waals surface area contributed by atoms with E-state index < -0.39 is 6.09 Å². The molecule has 2 aromatic carbocycles. The number of nitrogens with one attached hydrogen (secondary N) is 2. The first-order chi connectivity index (χ1) is 10.5. The van der Waals surface area contributed by atoms with Crippen LogP contribution in [0.2, 0.25) is 5.02 Å². The van der Waals surface area contributed by atoms with Gasteiger partial charge >= 0.3 is 6.09 Å². The number of carbonyl (C=O) groups excluding carboxylic acids is 1. The molecule has 0 spiro atoms. The number of anilines is 1. The van der Waals surface area contributed by atoms with Gasteiger partial charge in [-0.15, -0.1) is 0 Å². The lowest BCUT2D eigenvalue weighted by Crippen LogP contribution is -2.23. The van der Waals surface area contributed by atoms with Crippen molar-refractivity contribution in [2.45, 2.75) is 6.54 Å². The van der Waals surface area contributed by atoms with Gasteiger partial charge in [-0.05, 0) is 33.6 Å². The highest BCUT2D eigenvalue weighted by Gasteiger charge is 2.14. The Balaban J connectivity index is 2.12. The summed E-state index contributed by atoms with van der Waals surface area (Å²) in [5.74, 6) is -0.298. The molecule has 0 saturated heterocycles. The molecule has 0 unspecified atom stereocenters. The second kappa shape index (κ2) is 7.29. The standard InChI is InChI=1S/C15H12BrClN2O3/c16-11-6-10(7-12(17)13(11)19-15(21)22)14(20)18-8-9-4-2-1-3-5-9/h1-7,19H,8H2,(H,18,20)(H,21,22). The number of rotatable bonds is 4. The van der Waals surface area contributed by atoms with Gasteiger partial charge in [0.15, 0.2) is 0 Å². The fourth-order valence-electron chi connectivity index (χ4n) is 1.81. The molecule has 7 heteroatoms. The van der Waals surface area contributed by atoms with Crippen molar-refractivity contribution < 1.29 is 14.7 Å². The van der Waals surface area contributed by atoms with E-state index in [4.69, 9.17) is 16.7 Å². The van der Waals surface area contributed by atoms with Crippen LogP contribution in [0.15, 0.2) is 46.9 Å². The summed E-state index contributed by atoms with van der Waals surface area (Å²) in [6, 6.07) is 12.4. The molecule has 0 saturated carbocycles. The van der Waals surface area contributed by atoms with Gasteiger partial charge in [-0.25, -0.2) is 4.79 Å². The molecule has 2 rings (SSSR count). The van der Waals surface area contributed by atoms with E-state index >= 15 is 0 Å². The summed E-state index contributed by atoms with van der Waals surface area (Å²) < 4.78 is 0.396.